The Morgan fingerprint density at radius 3 is 2.83 bits per heavy atom. The number of rotatable bonds is 5. The topological polar surface area (TPSA) is 70.9 Å². The molecule has 1 saturated heterocycles. The van der Waals surface area contributed by atoms with Crippen molar-refractivity contribution in [3.63, 3.8) is 0 Å². The summed E-state index contributed by atoms with van der Waals surface area (Å²) >= 11 is 0. The number of anilines is 3. The molecule has 1 fully saturated rings. The summed E-state index contributed by atoms with van der Waals surface area (Å²) in [5.74, 6) is 1.45. The van der Waals surface area contributed by atoms with Crippen molar-refractivity contribution in [2.24, 2.45) is 7.05 Å². The van der Waals surface area contributed by atoms with E-state index in [2.05, 4.69) is 61.3 Å². The first kappa shape index (κ1) is 19.7. The Labute approximate surface area is 173 Å². The fourth-order valence-corrected chi connectivity index (χ4v) is 4.30. The van der Waals surface area contributed by atoms with Gasteiger partial charge in [0.25, 0.3) is 0 Å². The Morgan fingerprint density at radius 2 is 2.07 bits per heavy atom. The highest BCUT2D eigenvalue weighted by Gasteiger charge is 2.20. The second-order valence-electron chi connectivity index (χ2n) is 8.17. The molecule has 0 aliphatic carbocycles. The standard InChI is InChI=1S/C21H30BN7/c1-5-29-8-6-7-15(12-29)24-20-23-11-17-19(27-20)28(4)21(25-17)26-18-14(3)9-13(2)10-16(18)22/h9-11,15H,5-8,12,22H2,1-4H3,(H,25,26)(H,23,24,27)/t15-/m1/s1. The summed E-state index contributed by atoms with van der Waals surface area (Å²) < 4.78 is 2.00. The zero-order chi connectivity index (χ0) is 20.5. The average Bonchev–Trinajstić information content (AvgIpc) is 3.00. The summed E-state index contributed by atoms with van der Waals surface area (Å²) in [6.45, 7) is 9.77. The van der Waals surface area contributed by atoms with Crippen LogP contribution < -0.4 is 16.1 Å². The van der Waals surface area contributed by atoms with Gasteiger partial charge in [0, 0.05) is 25.3 Å². The Balaban J connectivity index is 1.58. The van der Waals surface area contributed by atoms with Crippen molar-refractivity contribution in [1.82, 2.24) is 24.4 Å². The Hall–Kier alpha value is -2.61. The lowest BCUT2D eigenvalue weighted by atomic mass is 9.90. The van der Waals surface area contributed by atoms with E-state index in [0.717, 1.165) is 42.3 Å². The highest BCUT2D eigenvalue weighted by atomic mass is 15.3. The third-order valence-electron chi connectivity index (χ3n) is 5.81. The lowest BCUT2D eigenvalue weighted by Crippen LogP contribution is -2.42. The molecule has 1 aliphatic rings. The molecule has 1 atom stereocenters. The molecular weight excluding hydrogens is 361 g/mol. The lowest BCUT2D eigenvalue weighted by Gasteiger charge is -2.32. The van der Waals surface area contributed by atoms with Crippen molar-refractivity contribution >= 4 is 42.1 Å². The number of aryl methyl sites for hydroxylation is 3. The van der Waals surface area contributed by atoms with Crippen LogP contribution in [0.15, 0.2) is 18.3 Å². The second-order valence-corrected chi connectivity index (χ2v) is 8.17. The monoisotopic (exact) mass is 391 g/mol. The number of benzene rings is 1. The van der Waals surface area contributed by atoms with Crippen molar-refractivity contribution in [2.45, 2.75) is 39.7 Å². The zero-order valence-corrected chi connectivity index (χ0v) is 18.1. The minimum absolute atomic E-state index is 0.393. The van der Waals surface area contributed by atoms with Gasteiger partial charge in [0.1, 0.15) is 13.4 Å². The number of hydrogen-bond acceptors (Lipinski definition) is 6. The molecule has 3 aromatic rings. The summed E-state index contributed by atoms with van der Waals surface area (Å²) in [6.07, 6.45) is 4.18. The molecule has 2 aromatic heterocycles. The number of fused-ring (bicyclic) bond motifs is 1. The first-order valence-corrected chi connectivity index (χ1v) is 10.5. The third kappa shape index (κ3) is 4.08. The van der Waals surface area contributed by atoms with Gasteiger partial charge in [0.15, 0.2) is 5.65 Å². The molecule has 152 valence electrons. The van der Waals surface area contributed by atoms with Crippen LogP contribution >= 0.6 is 0 Å². The van der Waals surface area contributed by atoms with Crippen molar-refractivity contribution in [2.75, 3.05) is 30.3 Å². The van der Waals surface area contributed by atoms with Gasteiger partial charge in [-0.15, -0.1) is 0 Å². The van der Waals surface area contributed by atoms with Crippen LogP contribution in [0.4, 0.5) is 17.6 Å². The quantitative estimate of drug-likeness (QED) is 0.648. The first-order chi connectivity index (χ1) is 13.9. The predicted octanol–water partition coefficient (Wildman–Crippen LogP) is 1.88. The maximum atomic E-state index is 4.76. The van der Waals surface area contributed by atoms with Crippen LogP contribution in [0.1, 0.15) is 30.9 Å². The maximum absolute atomic E-state index is 4.76. The number of nitrogens with one attached hydrogen (secondary N) is 2. The Kier molecular flexibility index (Phi) is 5.45. The number of aromatic nitrogens is 4. The molecular formula is C21H30BN7. The molecule has 3 heterocycles. The molecule has 0 spiro atoms. The highest BCUT2D eigenvalue weighted by Crippen LogP contribution is 2.23. The van der Waals surface area contributed by atoms with E-state index >= 15 is 0 Å². The smallest absolute Gasteiger partial charge is 0.225 e. The number of hydrogen-bond donors (Lipinski definition) is 2. The molecule has 1 aromatic carbocycles. The van der Waals surface area contributed by atoms with Gasteiger partial charge in [-0.2, -0.15) is 4.98 Å². The van der Waals surface area contributed by atoms with Crippen molar-refractivity contribution < 1.29 is 0 Å². The SMILES string of the molecule is Bc1cc(C)cc(C)c1Nc1nc2cnc(N[C@@H]3CCCN(CC)C3)nc2n1C. The van der Waals surface area contributed by atoms with Crippen LogP contribution in [0.2, 0.25) is 0 Å². The molecule has 0 radical (unpaired) electrons. The molecule has 0 saturated carbocycles. The van der Waals surface area contributed by atoms with Crippen LogP contribution in [0.5, 0.6) is 0 Å². The van der Waals surface area contributed by atoms with E-state index in [9.17, 15) is 0 Å². The van der Waals surface area contributed by atoms with Crippen LogP contribution in [-0.2, 0) is 7.05 Å². The van der Waals surface area contributed by atoms with E-state index in [0.29, 0.717) is 12.0 Å². The third-order valence-corrected chi connectivity index (χ3v) is 5.81. The summed E-state index contributed by atoms with van der Waals surface area (Å²) in [4.78, 5) is 16.5. The predicted molar refractivity (Wildman–Crippen MR) is 122 cm³/mol. The number of likely N-dealkylation sites (tertiary alicyclic amines) is 1. The second kappa shape index (κ2) is 8.03. The lowest BCUT2D eigenvalue weighted by molar-refractivity contribution is 0.226. The molecule has 0 amide bonds. The van der Waals surface area contributed by atoms with Gasteiger partial charge in [-0.3, -0.25) is 4.57 Å². The molecule has 1 aliphatic heterocycles. The van der Waals surface area contributed by atoms with Crippen molar-refractivity contribution in [3.8, 4) is 0 Å². The van der Waals surface area contributed by atoms with Crippen molar-refractivity contribution in [3.05, 3.63) is 29.5 Å². The number of nitrogens with zero attached hydrogens (tertiary/aromatic N) is 5. The van der Waals surface area contributed by atoms with Gasteiger partial charge in [-0.05, 0) is 45.3 Å². The van der Waals surface area contributed by atoms with Crippen LogP contribution in [0, 0.1) is 13.8 Å². The number of likely N-dealkylation sites (N-methyl/N-ethyl adjacent to an activating group) is 1. The number of imidazole rings is 1. The van der Waals surface area contributed by atoms with Gasteiger partial charge in [-0.25, -0.2) is 9.97 Å². The van der Waals surface area contributed by atoms with Crippen LogP contribution in [0.3, 0.4) is 0 Å². The van der Waals surface area contributed by atoms with Gasteiger partial charge in [0.2, 0.25) is 11.9 Å². The molecule has 2 N–H and O–H groups in total. The average molecular weight is 391 g/mol. The number of piperidine rings is 1. The van der Waals surface area contributed by atoms with E-state index in [1.54, 1.807) is 0 Å². The summed E-state index contributed by atoms with van der Waals surface area (Å²) in [5, 5.41) is 7.02. The van der Waals surface area contributed by atoms with Crippen molar-refractivity contribution in [1.29, 1.82) is 0 Å². The van der Waals surface area contributed by atoms with Crippen LogP contribution in [0.25, 0.3) is 11.2 Å². The van der Waals surface area contributed by atoms with E-state index in [1.165, 1.54) is 29.6 Å². The summed E-state index contributed by atoms with van der Waals surface area (Å²) in [7, 11) is 4.11. The maximum Gasteiger partial charge on any atom is 0.225 e. The van der Waals surface area contributed by atoms with Gasteiger partial charge in [0.05, 0.1) is 6.20 Å². The molecule has 29 heavy (non-hydrogen) atoms. The fourth-order valence-electron chi connectivity index (χ4n) is 4.30. The van der Waals surface area contributed by atoms with E-state index in [-0.39, 0.29) is 0 Å². The fraction of sp³-hybridized carbons (Fsp3) is 0.476. The molecule has 0 bridgehead atoms. The Bertz CT molecular complexity index is 1010. The van der Waals surface area contributed by atoms with Crippen LogP contribution in [-0.4, -0.2) is 57.9 Å². The molecule has 4 rings (SSSR count). The minimum Gasteiger partial charge on any atom is -0.350 e. The normalized spacial score (nSPS) is 17.6. The summed E-state index contributed by atoms with van der Waals surface area (Å²) in [6, 6.07) is 4.76. The molecule has 0 unspecified atom stereocenters. The van der Waals surface area contributed by atoms with Gasteiger partial charge >= 0.3 is 0 Å². The van der Waals surface area contributed by atoms with E-state index < -0.39 is 0 Å². The molecule has 7 nitrogen and oxygen atoms in total. The summed E-state index contributed by atoms with van der Waals surface area (Å²) in [5.41, 5.74) is 6.41. The van der Waals surface area contributed by atoms with E-state index in [4.69, 9.17) is 9.97 Å². The highest BCUT2D eigenvalue weighted by molar-refractivity contribution is 6.36. The largest absolute Gasteiger partial charge is 0.350 e. The Morgan fingerprint density at radius 1 is 1.24 bits per heavy atom. The van der Waals surface area contributed by atoms with Gasteiger partial charge in [-0.1, -0.05) is 30.1 Å². The minimum atomic E-state index is 0.393. The molecule has 8 heteroatoms. The zero-order valence-electron chi connectivity index (χ0n) is 18.1. The van der Waals surface area contributed by atoms with Gasteiger partial charge < -0.3 is 15.5 Å². The first-order valence-electron chi connectivity index (χ1n) is 10.5. The van der Waals surface area contributed by atoms with E-state index in [1.807, 2.05) is 17.8 Å².